The van der Waals surface area contributed by atoms with Crippen molar-refractivity contribution in [1.29, 1.82) is 0 Å². The quantitative estimate of drug-likeness (QED) is 0.431. The van der Waals surface area contributed by atoms with Crippen LogP contribution in [0.2, 0.25) is 5.02 Å². The summed E-state index contributed by atoms with van der Waals surface area (Å²) in [5.74, 6) is 1.14. The number of ether oxygens (including phenoxy) is 2. The molecular weight excluding hydrogens is 440 g/mol. The molecule has 1 amide bonds. The summed E-state index contributed by atoms with van der Waals surface area (Å²) in [5, 5.41) is 16.4. The SMILES string of the molecule is COc1ccc(-c2nnc(NC(=O)c3c(-c4ccccc4Cl)noc3C)s2)cc1OC. The van der Waals surface area contributed by atoms with E-state index in [1.165, 1.54) is 11.3 Å². The lowest BCUT2D eigenvalue weighted by atomic mass is 10.1. The average molecular weight is 457 g/mol. The van der Waals surface area contributed by atoms with E-state index in [-0.39, 0.29) is 5.56 Å². The highest BCUT2D eigenvalue weighted by atomic mass is 35.5. The van der Waals surface area contributed by atoms with Gasteiger partial charge in [0.05, 0.1) is 19.2 Å². The van der Waals surface area contributed by atoms with Gasteiger partial charge in [-0.25, -0.2) is 0 Å². The van der Waals surface area contributed by atoms with Crippen LogP contribution in [0.15, 0.2) is 47.0 Å². The Kier molecular flexibility index (Phi) is 5.88. The van der Waals surface area contributed by atoms with Gasteiger partial charge in [0.2, 0.25) is 5.13 Å². The summed E-state index contributed by atoms with van der Waals surface area (Å²) >= 11 is 7.50. The molecule has 10 heteroatoms. The Labute approximate surface area is 186 Å². The van der Waals surface area contributed by atoms with Crippen LogP contribution in [0.5, 0.6) is 11.5 Å². The molecule has 4 rings (SSSR count). The molecule has 0 atom stereocenters. The maximum atomic E-state index is 13.0. The minimum Gasteiger partial charge on any atom is -0.493 e. The fourth-order valence-electron chi connectivity index (χ4n) is 3.00. The number of hydrogen-bond donors (Lipinski definition) is 1. The number of aryl methyl sites for hydroxylation is 1. The lowest BCUT2D eigenvalue weighted by molar-refractivity contribution is 0.102. The highest BCUT2D eigenvalue weighted by molar-refractivity contribution is 7.18. The molecule has 0 saturated heterocycles. The van der Waals surface area contributed by atoms with Gasteiger partial charge in [-0.05, 0) is 31.2 Å². The summed E-state index contributed by atoms with van der Waals surface area (Å²) in [6, 6.07) is 12.5. The Morgan fingerprint density at radius 3 is 2.61 bits per heavy atom. The van der Waals surface area contributed by atoms with E-state index in [1.54, 1.807) is 51.5 Å². The molecule has 0 bridgehead atoms. The maximum Gasteiger partial charge on any atom is 0.263 e. The molecule has 0 aliphatic heterocycles. The zero-order valence-electron chi connectivity index (χ0n) is 16.8. The van der Waals surface area contributed by atoms with Gasteiger partial charge in [-0.15, -0.1) is 10.2 Å². The number of aromatic nitrogens is 3. The number of carbonyl (C=O) groups excluding carboxylic acids is 1. The smallest absolute Gasteiger partial charge is 0.263 e. The Bertz CT molecular complexity index is 1250. The van der Waals surface area contributed by atoms with Crippen molar-refractivity contribution in [3.63, 3.8) is 0 Å². The number of rotatable bonds is 6. The summed E-state index contributed by atoms with van der Waals surface area (Å²) < 4.78 is 15.8. The van der Waals surface area contributed by atoms with Gasteiger partial charge < -0.3 is 14.0 Å². The van der Waals surface area contributed by atoms with E-state index in [4.69, 9.17) is 25.6 Å². The van der Waals surface area contributed by atoms with E-state index in [0.29, 0.717) is 43.7 Å². The zero-order valence-corrected chi connectivity index (χ0v) is 18.4. The fourth-order valence-corrected chi connectivity index (χ4v) is 3.96. The normalized spacial score (nSPS) is 10.7. The number of nitrogens with zero attached hydrogens (tertiary/aromatic N) is 3. The van der Waals surface area contributed by atoms with Crippen molar-refractivity contribution in [2.75, 3.05) is 19.5 Å². The van der Waals surface area contributed by atoms with Gasteiger partial charge in [0.25, 0.3) is 5.91 Å². The molecule has 0 aliphatic rings. The highest BCUT2D eigenvalue weighted by Crippen LogP contribution is 2.35. The molecule has 1 N–H and O–H groups in total. The maximum absolute atomic E-state index is 13.0. The standard InChI is InChI=1S/C21H17ClN4O4S/c1-11-17(18(26-30-11)13-6-4-5-7-14(13)22)19(27)23-21-25-24-20(31-21)12-8-9-15(28-2)16(10-12)29-3/h4-10H,1-3H3,(H,23,25,27). The third-order valence-corrected chi connectivity index (χ3v) is 5.71. The first-order valence-corrected chi connectivity index (χ1v) is 10.3. The van der Waals surface area contributed by atoms with Crippen LogP contribution in [0.4, 0.5) is 5.13 Å². The van der Waals surface area contributed by atoms with Crippen LogP contribution in [-0.4, -0.2) is 35.5 Å². The van der Waals surface area contributed by atoms with Crippen molar-refractivity contribution in [2.24, 2.45) is 0 Å². The topological polar surface area (TPSA) is 99.4 Å². The van der Waals surface area contributed by atoms with Crippen molar-refractivity contribution in [1.82, 2.24) is 15.4 Å². The van der Waals surface area contributed by atoms with Crippen molar-refractivity contribution in [3.05, 3.63) is 58.8 Å². The number of anilines is 1. The molecule has 0 spiro atoms. The molecule has 4 aromatic rings. The van der Waals surface area contributed by atoms with Gasteiger partial charge in [-0.2, -0.15) is 0 Å². The molecule has 8 nitrogen and oxygen atoms in total. The van der Waals surface area contributed by atoms with Gasteiger partial charge in [0, 0.05) is 11.1 Å². The Balaban J connectivity index is 1.60. The number of hydrogen-bond acceptors (Lipinski definition) is 8. The van der Waals surface area contributed by atoms with Gasteiger partial charge in [0.15, 0.2) is 11.5 Å². The minimum atomic E-state index is -0.413. The summed E-state index contributed by atoms with van der Waals surface area (Å²) in [4.78, 5) is 13.0. The van der Waals surface area contributed by atoms with Crippen LogP contribution in [0.1, 0.15) is 16.1 Å². The van der Waals surface area contributed by atoms with Crippen LogP contribution in [0.25, 0.3) is 21.8 Å². The molecule has 0 aliphatic carbocycles. The second-order valence-corrected chi connectivity index (χ2v) is 7.76. The van der Waals surface area contributed by atoms with Crippen molar-refractivity contribution < 1.29 is 18.8 Å². The molecule has 2 aromatic carbocycles. The third kappa shape index (κ3) is 4.10. The molecular formula is C21H17ClN4O4S. The van der Waals surface area contributed by atoms with E-state index in [9.17, 15) is 4.79 Å². The number of amides is 1. The Morgan fingerprint density at radius 1 is 1.10 bits per heavy atom. The fraction of sp³-hybridized carbons (Fsp3) is 0.143. The lowest BCUT2D eigenvalue weighted by Gasteiger charge is -2.07. The Hall–Kier alpha value is -3.43. The summed E-state index contributed by atoms with van der Waals surface area (Å²) in [5.41, 5.74) is 2.05. The van der Waals surface area contributed by atoms with Crippen molar-refractivity contribution >= 4 is 34.0 Å². The van der Waals surface area contributed by atoms with E-state index < -0.39 is 5.91 Å². The molecule has 158 valence electrons. The molecule has 0 saturated carbocycles. The van der Waals surface area contributed by atoms with E-state index in [1.807, 2.05) is 12.1 Å². The summed E-state index contributed by atoms with van der Waals surface area (Å²) in [6.45, 7) is 1.66. The number of benzene rings is 2. The molecule has 2 aromatic heterocycles. The molecule has 31 heavy (non-hydrogen) atoms. The number of methoxy groups -OCH3 is 2. The van der Waals surface area contributed by atoms with Gasteiger partial charge >= 0.3 is 0 Å². The lowest BCUT2D eigenvalue weighted by Crippen LogP contribution is -2.13. The van der Waals surface area contributed by atoms with Crippen LogP contribution >= 0.6 is 22.9 Å². The predicted octanol–water partition coefficient (Wildman–Crippen LogP) is 5.09. The third-order valence-electron chi connectivity index (χ3n) is 4.49. The minimum absolute atomic E-state index is 0.288. The van der Waals surface area contributed by atoms with Crippen LogP contribution in [0.3, 0.4) is 0 Å². The van der Waals surface area contributed by atoms with E-state index in [2.05, 4.69) is 20.7 Å². The molecule has 2 heterocycles. The summed E-state index contributed by atoms with van der Waals surface area (Å²) in [7, 11) is 3.13. The first kappa shape index (κ1) is 20.8. The number of nitrogens with one attached hydrogen (secondary N) is 1. The number of halogens is 1. The van der Waals surface area contributed by atoms with E-state index in [0.717, 1.165) is 5.56 Å². The molecule has 0 fully saturated rings. The first-order chi connectivity index (χ1) is 15.0. The van der Waals surface area contributed by atoms with Crippen molar-refractivity contribution in [3.8, 4) is 33.3 Å². The van der Waals surface area contributed by atoms with Gasteiger partial charge in [-0.1, -0.05) is 46.3 Å². The zero-order chi connectivity index (χ0) is 22.0. The average Bonchev–Trinajstić information content (AvgIpc) is 3.40. The van der Waals surface area contributed by atoms with Gasteiger partial charge in [-0.3, -0.25) is 10.1 Å². The second kappa shape index (κ2) is 8.75. The first-order valence-electron chi connectivity index (χ1n) is 9.10. The molecule has 0 unspecified atom stereocenters. The van der Waals surface area contributed by atoms with Crippen LogP contribution in [-0.2, 0) is 0 Å². The van der Waals surface area contributed by atoms with Gasteiger partial charge in [0.1, 0.15) is 22.0 Å². The van der Waals surface area contributed by atoms with Crippen LogP contribution < -0.4 is 14.8 Å². The molecule has 0 radical (unpaired) electrons. The Morgan fingerprint density at radius 2 is 1.87 bits per heavy atom. The van der Waals surface area contributed by atoms with Crippen LogP contribution in [0, 0.1) is 6.92 Å². The number of carbonyl (C=O) groups is 1. The van der Waals surface area contributed by atoms with Crippen molar-refractivity contribution in [2.45, 2.75) is 6.92 Å². The monoisotopic (exact) mass is 456 g/mol. The predicted molar refractivity (Wildman–Crippen MR) is 118 cm³/mol. The summed E-state index contributed by atoms with van der Waals surface area (Å²) in [6.07, 6.45) is 0. The highest BCUT2D eigenvalue weighted by Gasteiger charge is 2.24. The largest absolute Gasteiger partial charge is 0.493 e. The second-order valence-electron chi connectivity index (χ2n) is 6.38. The van der Waals surface area contributed by atoms with E-state index >= 15 is 0 Å².